The molecule has 1 atom stereocenters. The summed E-state index contributed by atoms with van der Waals surface area (Å²) in [5, 5.41) is 10.5. The van der Waals surface area contributed by atoms with E-state index in [9.17, 15) is 14.3 Å². The Morgan fingerprint density at radius 2 is 1.76 bits per heavy atom. The third-order valence-electron chi connectivity index (χ3n) is 7.73. The number of anilines is 1. The largest absolute Gasteiger partial charge is 0.496 e. The Hall–Kier alpha value is -3.80. The second-order valence-electron chi connectivity index (χ2n) is 11.6. The van der Waals surface area contributed by atoms with Gasteiger partial charge < -0.3 is 14.6 Å². The molecule has 1 unspecified atom stereocenters. The molecule has 0 saturated heterocycles. The number of hydrogen-bond acceptors (Lipinski definition) is 3. The van der Waals surface area contributed by atoms with Crippen LogP contribution in [0.1, 0.15) is 64.3 Å². The van der Waals surface area contributed by atoms with Gasteiger partial charge in [0.1, 0.15) is 23.4 Å². The van der Waals surface area contributed by atoms with E-state index in [1.807, 2.05) is 44.2 Å². The van der Waals surface area contributed by atoms with Crippen LogP contribution >= 0.6 is 0 Å². The van der Waals surface area contributed by atoms with Crippen molar-refractivity contribution in [2.24, 2.45) is 5.41 Å². The molecule has 3 aromatic rings. The fourth-order valence-electron chi connectivity index (χ4n) is 6.80. The molecular weight excluding hydrogens is 481 g/mol. The third-order valence-corrected chi connectivity index (χ3v) is 7.73. The summed E-state index contributed by atoms with van der Waals surface area (Å²) in [6.45, 7) is 12.4. The minimum atomic E-state index is -1.00. The van der Waals surface area contributed by atoms with E-state index in [0.717, 1.165) is 39.0 Å². The van der Waals surface area contributed by atoms with Gasteiger partial charge in [0.25, 0.3) is 0 Å². The van der Waals surface area contributed by atoms with Crippen LogP contribution in [0.2, 0.25) is 0 Å². The van der Waals surface area contributed by atoms with Crippen LogP contribution in [0.4, 0.5) is 14.9 Å². The molecule has 2 aliphatic rings. The molecule has 0 saturated carbocycles. The maximum absolute atomic E-state index is 13.7. The molecule has 6 heteroatoms. The molecule has 0 bridgehead atoms. The molecule has 38 heavy (non-hydrogen) atoms. The molecule has 1 amide bonds. The second kappa shape index (κ2) is 8.90. The zero-order chi connectivity index (χ0) is 27.6. The van der Waals surface area contributed by atoms with Gasteiger partial charge in [0.05, 0.1) is 23.9 Å². The van der Waals surface area contributed by atoms with Crippen molar-refractivity contribution in [2.75, 3.05) is 12.0 Å². The number of carbonyl (C=O) groups is 1. The minimum Gasteiger partial charge on any atom is -0.496 e. The number of allylic oxidation sites excluding steroid dienone is 1. The normalized spacial score (nSPS) is 17.8. The molecule has 5 nitrogen and oxygen atoms in total. The van der Waals surface area contributed by atoms with Gasteiger partial charge in [-0.25, -0.2) is 9.18 Å². The number of hydrogen-bond donors (Lipinski definition) is 1. The van der Waals surface area contributed by atoms with Crippen molar-refractivity contribution in [1.29, 1.82) is 0 Å². The summed E-state index contributed by atoms with van der Waals surface area (Å²) in [7, 11) is 1.63. The molecule has 2 aliphatic heterocycles. The van der Waals surface area contributed by atoms with Crippen LogP contribution in [-0.4, -0.2) is 23.8 Å². The van der Waals surface area contributed by atoms with Crippen molar-refractivity contribution in [1.82, 2.24) is 0 Å². The number of benzene rings is 3. The van der Waals surface area contributed by atoms with Gasteiger partial charge in [0.2, 0.25) is 0 Å². The Morgan fingerprint density at radius 1 is 1.08 bits per heavy atom. The van der Waals surface area contributed by atoms with E-state index in [-0.39, 0.29) is 11.2 Å². The van der Waals surface area contributed by atoms with Crippen LogP contribution in [0.15, 0.2) is 60.2 Å². The molecule has 0 spiro atoms. The SMILES string of the molecule is COc1cccc2c1-c1ccc3c(c1C(Cc1ccc(F)cc1)O2)C(C)=C(C(C)(C)C)C(C)(C)N3C(=O)O. The molecular formula is C32H34FNO4. The van der Waals surface area contributed by atoms with E-state index in [1.165, 1.54) is 17.0 Å². The topological polar surface area (TPSA) is 59.0 Å². The maximum Gasteiger partial charge on any atom is 0.412 e. The first-order chi connectivity index (χ1) is 17.9. The highest BCUT2D eigenvalue weighted by Gasteiger charge is 2.47. The lowest BCUT2D eigenvalue weighted by atomic mass is 9.68. The predicted molar refractivity (Wildman–Crippen MR) is 149 cm³/mol. The zero-order valence-electron chi connectivity index (χ0n) is 23.0. The van der Waals surface area contributed by atoms with Gasteiger partial charge in [-0.15, -0.1) is 0 Å². The lowest BCUT2D eigenvalue weighted by Crippen LogP contribution is -2.54. The highest BCUT2D eigenvalue weighted by Crippen LogP contribution is 2.56. The molecule has 0 fully saturated rings. The second-order valence-corrected chi connectivity index (χ2v) is 11.6. The van der Waals surface area contributed by atoms with Gasteiger partial charge in [-0.05, 0) is 78.8 Å². The molecule has 0 aromatic heterocycles. The number of methoxy groups -OCH3 is 1. The summed E-state index contributed by atoms with van der Waals surface area (Å²) in [5.74, 6) is 1.10. The van der Waals surface area contributed by atoms with E-state index >= 15 is 0 Å². The quantitative estimate of drug-likeness (QED) is 0.381. The lowest BCUT2D eigenvalue weighted by Gasteiger charge is -2.49. The number of rotatable bonds is 3. The smallest absolute Gasteiger partial charge is 0.412 e. The molecule has 5 rings (SSSR count). The summed E-state index contributed by atoms with van der Waals surface area (Å²) in [4.78, 5) is 14.3. The molecule has 1 N–H and O–H groups in total. The Morgan fingerprint density at radius 3 is 2.37 bits per heavy atom. The highest BCUT2D eigenvalue weighted by atomic mass is 19.1. The monoisotopic (exact) mass is 515 g/mol. The van der Waals surface area contributed by atoms with Gasteiger partial charge in [-0.3, -0.25) is 4.90 Å². The van der Waals surface area contributed by atoms with Crippen molar-refractivity contribution in [3.63, 3.8) is 0 Å². The number of halogens is 1. The predicted octanol–water partition coefficient (Wildman–Crippen LogP) is 8.27. The fraction of sp³-hybridized carbons (Fsp3) is 0.344. The van der Waals surface area contributed by atoms with Crippen LogP contribution in [0.3, 0.4) is 0 Å². The third kappa shape index (κ3) is 3.94. The number of nitrogens with zero attached hydrogens (tertiary/aromatic N) is 1. The molecule has 0 radical (unpaired) electrons. The first-order valence-electron chi connectivity index (χ1n) is 12.9. The van der Waals surface area contributed by atoms with E-state index in [0.29, 0.717) is 23.6 Å². The van der Waals surface area contributed by atoms with Gasteiger partial charge in [-0.1, -0.05) is 45.0 Å². The van der Waals surface area contributed by atoms with E-state index in [1.54, 1.807) is 19.2 Å². The van der Waals surface area contributed by atoms with Crippen molar-refractivity contribution >= 4 is 17.4 Å². The fourth-order valence-corrected chi connectivity index (χ4v) is 6.80. The lowest BCUT2D eigenvalue weighted by molar-refractivity contribution is 0.193. The standard InChI is InChI=1S/C32H34FNO4/c1-18-26-22(34(30(35)36)32(5,6)29(18)31(2,3)4)16-15-21-27-23(37-7)9-8-10-24(27)38-25(28(21)26)17-19-11-13-20(33)14-12-19/h8-16,25H,17H2,1-7H3,(H,35,36). The van der Waals surface area contributed by atoms with E-state index in [4.69, 9.17) is 9.47 Å². The van der Waals surface area contributed by atoms with Crippen LogP contribution in [-0.2, 0) is 6.42 Å². The Balaban J connectivity index is 1.86. The summed E-state index contributed by atoms with van der Waals surface area (Å²) >= 11 is 0. The van der Waals surface area contributed by atoms with E-state index < -0.39 is 17.7 Å². The van der Waals surface area contributed by atoms with E-state index in [2.05, 4.69) is 27.7 Å². The van der Waals surface area contributed by atoms with Crippen molar-refractivity contribution in [3.8, 4) is 22.6 Å². The average molecular weight is 516 g/mol. The minimum absolute atomic E-state index is 0.292. The summed E-state index contributed by atoms with van der Waals surface area (Å²) in [5.41, 5.74) is 6.21. The number of amides is 1. The summed E-state index contributed by atoms with van der Waals surface area (Å²) < 4.78 is 26.1. The molecule has 2 heterocycles. The van der Waals surface area contributed by atoms with Crippen molar-refractivity contribution in [3.05, 3.63) is 82.7 Å². The highest BCUT2D eigenvalue weighted by molar-refractivity contribution is 6.00. The zero-order valence-corrected chi connectivity index (χ0v) is 23.0. The van der Waals surface area contributed by atoms with Crippen molar-refractivity contribution < 1.29 is 23.8 Å². The summed E-state index contributed by atoms with van der Waals surface area (Å²) in [6.07, 6.45) is -0.928. The van der Waals surface area contributed by atoms with Crippen LogP contribution in [0.5, 0.6) is 11.5 Å². The Bertz CT molecular complexity index is 1460. The molecule has 198 valence electrons. The Kier molecular flexibility index (Phi) is 6.05. The number of carboxylic acid groups (broad SMARTS) is 1. The van der Waals surface area contributed by atoms with Gasteiger partial charge in [-0.2, -0.15) is 0 Å². The van der Waals surface area contributed by atoms with Crippen LogP contribution in [0, 0.1) is 11.2 Å². The van der Waals surface area contributed by atoms with Gasteiger partial charge in [0, 0.05) is 17.5 Å². The first-order valence-corrected chi connectivity index (χ1v) is 12.9. The van der Waals surface area contributed by atoms with Crippen LogP contribution in [0.25, 0.3) is 16.7 Å². The number of fused-ring (bicyclic) bond motifs is 5. The molecule has 0 aliphatic carbocycles. The van der Waals surface area contributed by atoms with Crippen molar-refractivity contribution in [2.45, 2.75) is 59.6 Å². The van der Waals surface area contributed by atoms with Gasteiger partial charge >= 0.3 is 6.09 Å². The Labute approximate surface area is 223 Å². The van der Waals surface area contributed by atoms with Gasteiger partial charge in [0.15, 0.2) is 0 Å². The van der Waals surface area contributed by atoms with Crippen LogP contribution < -0.4 is 14.4 Å². The number of ether oxygens (including phenoxy) is 2. The first kappa shape index (κ1) is 25.8. The summed E-state index contributed by atoms with van der Waals surface area (Å²) in [6, 6.07) is 16.1. The molecule has 3 aromatic carbocycles. The maximum atomic E-state index is 13.7. The average Bonchev–Trinajstić information content (AvgIpc) is 2.82.